The first-order valence-electron chi connectivity index (χ1n) is 5.71. The summed E-state index contributed by atoms with van der Waals surface area (Å²) in [6.07, 6.45) is 5.19. The van der Waals surface area contributed by atoms with Gasteiger partial charge in [0.2, 0.25) is 0 Å². The average Bonchev–Trinajstić information content (AvgIpc) is 2.87. The van der Waals surface area contributed by atoms with Crippen molar-refractivity contribution >= 4 is 5.91 Å². The Morgan fingerprint density at radius 1 is 1.44 bits per heavy atom. The molecule has 0 fully saturated rings. The van der Waals surface area contributed by atoms with E-state index in [0.717, 1.165) is 11.5 Å². The van der Waals surface area contributed by atoms with Crippen LogP contribution in [0.1, 0.15) is 21.9 Å². The van der Waals surface area contributed by atoms with E-state index in [9.17, 15) is 4.79 Å². The molecule has 0 unspecified atom stereocenters. The van der Waals surface area contributed by atoms with Gasteiger partial charge >= 0.3 is 0 Å². The van der Waals surface area contributed by atoms with Gasteiger partial charge in [-0.3, -0.25) is 9.48 Å². The quantitative estimate of drug-likeness (QED) is 0.803. The normalized spacial score (nSPS) is 10.7. The average molecular weight is 247 g/mol. The number of carbonyl (C=O) groups is 1. The lowest BCUT2D eigenvalue weighted by atomic mass is 10.2. The summed E-state index contributed by atoms with van der Waals surface area (Å²) in [6, 6.07) is 0. The Morgan fingerprint density at radius 3 is 2.67 bits per heavy atom. The van der Waals surface area contributed by atoms with Crippen LogP contribution in [0.4, 0.5) is 0 Å². The molecule has 1 amide bonds. The molecule has 0 saturated carbocycles. The lowest BCUT2D eigenvalue weighted by Crippen LogP contribution is -2.27. The van der Waals surface area contributed by atoms with Crippen LogP contribution >= 0.6 is 0 Å². The molecule has 0 atom stereocenters. The highest BCUT2D eigenvalue weighted by Gasteiger charge is 2.18. The Morgan fingerprint density at radius 2 is 2.17 bits per heavy atom. The molecule has 0 aliphatic rings. The summed E-state index contributed by atoms with van der Waals surface area (Å²) in [7, 11) is 5.50. The maximum Gasteiger partial charge on any atom is 0.257 e. The van der Waals surface area contributed by atoms with Gasteiger partial charge in [-0.25, -0.2) is 4.98 Å². The van der Waals surface area contributed by atoms with Crippen LogP contribution in [0.2, 0.25) is 0 Å². The summed E-state index contributed by atoms with van der Waals surface area (Å²) in [5.74, 6) is 0.816. The highest BCUT2D eigenvalue weighted by molar-refractivity contribution is 5.94. The summed E-state index contributed by atoms with van der Waals surface area (Å²) in [5.41, 5.74) is 1.50. The molecule has 0 saturated heterocycles. The highest BCUT2D eigenvalue weighted by atomic mass is 16.2. The van der Waals surface area contributed by atoms with E-state index in [1.54, 1.807) is 29.0 Å². The number of hydrogen-bond donors (Lipinski definition) is 0. The molecule has 6 heteroatoms. The molecule has 2 heterocycles. The van der Waals surface area contributed by atoms with Gasteiger partial charge in [-0.1, -0.05) is 0 Å². The van der Waals surface area contributed by atoms with Crippen LogP contribution in [0.25, 0.3) is 0 Å². The Hall–Kier alpha value is -2.11. The Labute approximate surface area is 106 Å². The molecule has 0 radical (unpaired) electrons. The number of rotatable bonds is 3. The molecule has 0 aliphatic carbocycles. The van der Waals surface area contributed by atoms with Crippen molar-refractivity contribution in [2.24, 2.45) is 14.1 Å². The zero-order chi connectivity index (χ0) is 13.3. The van der Waals surface area contributed by atoms with Crippen molar-refractivity contribution in [3.63, 3.8) is 0 Å². The standard InChI is InChI=1S/C12H17N5O/c1-9-10(7-14-17(9)4)12(18)16(3)8-11-13-5-6-15(11)2/h5-7H,8H2,1-4H3. The van der Waals surface area contributed by atoms with E-state index in [0.29, 0.717) is 12.1 Å². The van der Waals surface area contributed by atoms with Gasteiger partial charge < -0.3 is 9.47 Å². The third-order valence-corrected chi connectivity index (χ3v) is 3.11. The molecule has 2 aromatic heterocycles. The van der Waals surface area contributed by atoms with E-state index in [-0.39, 0.29) is 5.91 Å². The van der Waals surface area contributed by atoms with Crippen molar-refractivity contribution < 1.29 is 4.79 Å². The van der Waals surface area contributed by atoms with Crippen LogP contribution in [0.15, 0.2) is 18.6 Å². The molecule has 2 rings (SSSR count). The summed E-state index contributed by atoms with van der Waals surface area (Å²) in [5, 5.41) is 4.08. The van der Waals surface area contributed by atoms with E-state index < -0.39 is 0 Å². The molecule has 18 heavy (non-hydrogen) atoms. The second-order valence-corrected chi connectivity index (χ2v) is 4.38. The molecule has 0 N–H and O–H groups in total. The number of hydrogen-bond acceptors (Lipinski definition) is 3. The number of imidazole rings is 1. The number of carbonyl (C=O) groups excluding carboxylic acids is 1. The minimum Gasteiger partial charge on any atom is -0.337 e. The Balaban J connectivity index is 2.15. The van der Waals surface area contributed by atoms with Crippen LogP contribution in [-0.4, -0.2) is 37.2 Å². The van der Waals surface area contributed by atoms with Crippen LogP contribution < -0.4 is 0 Å². The number of aryl methyl sites for hydroxylation is 2. The fraction of sp³-hybridized carbons (Fsp3) is 0.417. The first-order chi connectivity index (χ1) is 8.50. The molecular formula is C12H17N5O. The fourth-order valence-electron chi connectivity index (χ4n) is 1.75. The largest absolute Gasteiger partial charge is 0.337 e. The topological polar surface area (TPSA) is 56.0 Å². The maximum absolute atomic E-state index is 12.3. The van der Waals surface area contributed by atoms with Crippen molar-refractivity contribution in [1.29, 1.82) is 0 Å². The zero-order valence-electron chi connectivity index (χ0n) is 11.1. The second kappa shape index (κ2) is 4.64. The molecule has 0 aliphatic heterocycles. The van der Waals surface area contributed by atoms with Crippen LogP contribution in [-0.2, 0) is 20.6 Å². The predicted octanol–water partition coefficient (Wildman–Crippen LogP) is 0.734. The summed E-state index contributed by atoms with van der Waals surface area (Å²) >= 11 is 0. The Bertz CT molecular complexity index is 569. The summed E-state index contributed by atoms with van der Waals surface area (Å²) in [6.45, 7) is 2.37. The van der Waals surface area contributed by atoms with Gasteiger partial charge in [0, 0.05) is 39.2 Å². The monoisotopic (exact) mass is 247 g/mol. The van der Waals surface area contributed by atoms with Gasteiger partial charge in [0.05, 0.1) is 18.3 Å². The van der Waals surface area contributed by atoms with E-state index >= 15 is 0 Å². The zero-order valence-corrected chi connectivity index (χ0v) is 11.1. The van der Waals surface area contributed by atoms with Crippen LogP contribution in [0.5, 0.6) is 0 Å². The first-order valence-corrected chi connectivity index (χ1v) is 5.71. The fourth-order valence-corrected chi connectivity index (χ4v) is 1.75. The van der Waals surface area contributed by atoms with E-state index in [4.69, 9.17) is 0 Å². The smallest absolute Gasteiger partial charge is 0.257 e. The first kappa shape index (κ1) is 12.3. The van der Waals surface area contributed by atoms with Gasteiger partial charge in [-0.05, 0) is 6.92 Å². The molecular weight excluding hydrogens is 230 g/mol. The van der Waals surface area contributed by atoms with Crippen molar-refractivity contribution in [3.05, 3.63) is 35.7 Å². The summed E-state index contributed by atoms with van der Waals surface area (Å²) in [4.78, 5) is 18.1. The number of aromatic nitrogens is 4. The minimum atomic E-state index is -0.0383. The summed E-state index contributed by atoms with van der Waals surface area (Å²) < 4.78 is 3.60. The third-order valence-electron chi connectivity index (χ3n) is 3.11. The molecule has 6 nitrogen and oxygen atoms in total. The second-order valence-electron chi connectivity index (χ2n) is 4.38. The van der Waals surface area contributed by atoms with Crippen LogP contribution in [0.3, 0.4) is 0 Å². The van der Waals surface area contributed by atoms with E-state index in [1.165, 1.54) is 0 Å². The highest BCUT2D eigenvalue weighted by Crippen LogP contribution is 2.10. The van der Waals surface area contributed by atoms with Crippen molar-refractivity contribution in [2.75, 3.05) is 7.05 Å². The lowest BCUT2D eigenvalue weighted by Gasteiger charge is -2.16. The van der Waals surface area contributed by atoms with Crippen LogP contribution in [0, 0.1) is 6.92 Å². The van der Waals surface area contributed by atoms with Gasteiger partial charge in [0.25, 0.3) is 5.91 Å². The number of amides is 1. The molecule has 2 aromatic rings. The van der Waals surface area contributed by atoms with Gasteiger partial charge in [0.1, 0.15) is 5.82 Å². The van der Waals surface area contributed by atoms with Crippen molar-refractivity contribution in [1.82, 2.24) is 24.2 Å². The third kappa shape index (κ3) is 2.13. The lowest BCUT2D eigenvalue weighted by molar-refractivity contribution is 0.0779. The minimum absolute atomic E-state index is 0.0383. The van der Waals surface area contributed by atoms with E-state index in [1.807, 2.05) is 31.8 Å². The van der Waals surface area contributed by atoms with Gasteiger partial charge in [-0.2, -0.15) is 5.10 Å². The number of nitrogens with zero attached hydrogens (tertiary/aromatic N) is 5. The van der Waals surface area contributed by atoms with E-state index in [2.05, 4.69) is 10.1 Å². The molecule has 0 spiro atoms. The molecule has 0 aromatic carbocycles. The SMILES string of the molecule is Cc1c(C(=O)N(C)Cc2nccn2C)cnn1C. The van der Waals surface area contributed by atoms with Gasteiger partial charge in [-0.15, -0.1) is 0 Å². The van der Waals surface area contributed by atoms with Crippen molar-refractivity contribution in [2.45, 2.75) is 13.5 Å². The Kier molecular flexibility index (Phi) is 3.18. The molecule has 96 valence electrons. The maximum atomic E-state index is 12.3. The predicted molar refractivity (Wildman–Crippen MR) is 67.0 cm³/mol. The van der Waals surface area contributed by atoms with Crippen molar-refractivity contribution in [3.8, 4) is 0 Å². The molecule has 0 bridgehead atoms. The van der Waals surface area contributed by atoms with Gasteiger partial charge in [0.15, 0.2) is 0 Å².